The molecule has 0 aliphatic rings. The zero-order chi connectivity index (χ0) is 21.8. The first-order valence-corrected chi connectivity index (χ1v) is 10.2. The maximum atomic E-state index is 12.9. The van der Waals surface area contributed by atoms with Gasteiger partial charge in [-0.1, -0.05) is 18.2 Å². The molecule has 0 fully saturated rings. The van der Waals surface area contributed by atoms with E-state index >= 15 is 0 Å². The third kappa shape index (κ3) is 4.56. The zero-order valence-corrected chi connectivity index (χ0v) is 18.1. The molecule has 0 unspecified atom stereocenters. The second-order valence-corrected chi connectivity index (χ2v) is 7.32. The first-order valence-electron chi connectivity index (χ1n) is 9.38. The predicted octanol–water partition coefficient (Wildman–Crippen LogP) is 2.96. The van der Waals surface area contributed by atoms with Gasteiger partial charge in [0.15, 0.2) is 11.5 Å². The lowest BCUT2D eigenvalue weighted by Gasteiger charge is -2.10. The van der Waals surface area contributed by atoms with Crippen LogP contribution in [0.2, 0.25) is 0 Å². The fourth-order valence-corrected chi connectivity index (χ4v) is 3.22. The molecule has 0 aliphatic heterocycles. The molecule has 0 radical (unpaired) electrons. The number of benzene rings is 1. The van der Waals surface area contributed by atoms with E-state index in [1.54, 1.807) is 40.9 Å². The van der Waals surface area contributed by atoms with E-state index in [0.29, 0.717) is 12.4 Å². The minimum atomic E-state index is -0.574. The molecule has 158 valence electrons. The van der Waals surface area contributed by atoms with Crippen molar-refractivity contribution in [2.45, 2.75) is 13.6 Å². The summed E-state index contributed by atoms with van der Waals surface area (Å²) < 4.78 is 10.7. The molecule has 3 aromatic heterocycles. The second-order valence-electron chi connectivity index (χ2n) is 6.41. The van der Waals surface area contributed by atoms with Gasteiger partial charge < -0.3 is 10.1 Å². The molecule has 0 saturated carbocycles. The Balaban J connectivity index is 1.60. The molecule has 0 atom stereocenters. The molecule has 0 spiro atoms. The van der Waals surface area contributed by atoms with Gasteiger partial charge in [0.05, 0.1) is 29.2 Å². The van der Waals surface area contributed by atoms with E-state index in [1.807, 2.05) is 30.3 Å². The maximum absolute atomic E-state index is 12.9. The second kappa shape index (κ2) is 8.96. The summed E-state index contributed by atoms with van der Waals surface area (Å²) in [6.07, 6.45) is 6.50. The summed E-state index contributed by atoms with van der Waals surface area (Å²) in [4.78, 5) is 25.3. The van der Waals surface area contributed by atoms with Crippen LogP contribution in [0, 0.1) is 0 Å². The Morgan fingerprint density at radius 3 is 2.61 bits per heavy atom. The number of hydrogen-bond donors (Lipinski definition) is 1. The number of aromatic nitrogens is 6. The molecule has 1 N–H and O–H groups in total. The summed E-state index contributed by atoms with van der Waals surface area (Å²) in [7, 11) is 0. The molecule has 10 nitrogen and oxygen atoms in total. The van der Waals surface area contributed by atoms with Crippen molar-refractivity contribution in [3.8, 4) is 5.69 Å². The van der Waals surface area contributed by atoms with Gasteiger partial charge in [-0.05, 0) is 41.1 Å². The number of carbonyl (C=O) groups excluding carboxylic acids is 2. The number of ether oxygens (including phenoxy) is 1. The number of para-hydroxylation sites is 1. The van der Waals surface area contributed by atoms with Crippen LogP contribution in [0.3, 0.4) is 0 Å². The molecule has 4 aromatic rings. The molecule has 4 rings (SSSR count). The van der Waals surface area contributed by atoms with Crippen LogP contribution in [0.5, 0.6) is 0 Å². The Bertz CT molecular complexity index is 1210. The molecule has 0 bridgehead atoms. The van der Waals surface area contributed by atoms with Crippen LogP contribution >= 0.6 is 15.9 Å². The average Bonchev–Trinajstić information content (AvgIpc) is 3.49. The lowest BCUT2D eigenvalue weighted by atomic mass is 10.3. The first-order chi connectivity index (χ1) is 15.0. The zero-order valence-electron chi connectivity index (χ0n) is 16.5. The van der Waals surface area contributed by atoms with Crippen LogP contribution in [0.1, 0.15) is 27.8 Å². The Hall–Kier alpha value is -3.73. The summed E-state index contributed by atoms with van der Waals surface area (Å²) in [6, 6.07) is 10.7. The topological polar surface area (TPSA) is 109 Å². The van der Waals surface area contributed by atoms with Crippen LogP contribution in [0.25, 0.3) is 5.69 Å². The highest BCUT2D eigenvalue weighted by Gasteiger charge is 2.22. The Morgan fingerprint density at radius 1 is 1.10 bits per heavy atom. The van der Waals surface area contributed by atoms with Crippen molar-refractivity contribution in [3.63, 3.8) is 0 Å². The van der Waals surface area contributed by atoms with Crippen LogP contribution in [-0.2, 0) is 11.4 Å². The number of carbonyl (C=O) groups is 2. The van der Waals surface area contributed by atoms with Crippen molar-refractivity contribution in [1.82, 2.24) is 29.3 Å². The largest absolute Gasteiger partial charge is 0.462 e. The summed E-state index contributed by atoms with van der Waals surface area (Å²) in [5, 5.41) is 15.5. The minimum Gasteiger partial charge on any atom is -0.462 e. The predicted molar refractivity (Wildman–Crippen MR) is 115 cm³/mol. The van der Waals surface area contributed by atoms with Crippen molar-refractivity contribution < 1.29 is 14.3 Å². The molecule has 31 heavy (non-hydrogen) atoms. The highest BCUT2D eigenvalue weighted by atomic mass is 79.9. The summed E-state index contributed by atoms with van der Waals surface area (Å²) in [5.74, 6) is -0.849. The van der Waals surface area contributed by atoms with Gasteiger partial charge in [-0.25, -0.2) is 14.2 Å². The fourth-order valence-electron chi connectivity index (χ4n) is 2.89. The van der Waals surface area contributed by atoms with Crippen molar-refractivity contribution >= 4 is 33.6 Å². The SMILES string of the molecule is CCOC(=O)c1cnn(-c2ccccc2)c1NC(=O)c1ccn(Cn2cc(Br)cn2)n1. The van der Waals surface area contributed by atoms with E-state index in [4.69, 9.17) is 4.74 Å². The smallest absolute Gasteiger partial charge is 0.343 e. The van der Waals surface area contributed by atoms with Crippen LogP contribution < -0.4 is 5.32 Å². The lowest BCUT2D eigenvalue weighted by molar-refractivity contribution is 0.0527. The van der Waals surface area contributed by atoms with Gasteiger partial charge in [-0.15, -0.1) is 0 Å². The number of halogens is 1. The van der Waals surface area contributed by atoms with Crippen molar-refractivity contribution in [3.05, 3.63) is 76.9 Å². The van der Waals surface area contributed by atoms with E-state index in [0.717, 1.165) is 4.47 Å². The number of nitrogens with zero attached hydrogens (tertiary/aromatic N) is 6. The standard InChI is InChI=1S/C20H18BrN7O3/c1-2-31-20(30)16-11-23-28(15-6-4-3-5-7-15)18(16)24-19(29)17-8-9-26(25-17)13-27-12-14(21)10-22-27/h3-12H,2,13H2,1H3,(H,24,29). The van der Waals surface area contributed by atoms with Gasteiger partial charge >= 0.3 is 5.97 Å². The normalized spacial score (nSPS) is 10.8. The van der Waals surface area contributed by atoms with E-state index in [9.17, 15) is 9.59 Å². The molecule has 1 amide bonds. The average molecular weight is 484 g/mol. The van der Waals surface area contributed by atoms with Crippen LogP contribution in [0.15, 0.2) is 65.7 Å². The minimum absolute atomic E-state index is 0.153. The molecule has 0 saturated heterocycles. The first kappa shape index (κ1) is 20.5. The van der Waals surface area contributed by atoms with Gasteiger partial charge in [-0.2, -0.15) is 15.3 Å². The number of nitrogens with one attached hydrogen (secondary N) is 1. The van der Waals surface area contributed by atoms with Crippen molar-refractivity contribution in [2.24, 2.45) is 0 Å². The maximum Gasteiger partial charge on any atom is 0.343 e. The Labute approximate surface area is 185 Å². The van der Waals surface area contributed by atoms with Gasteiger partial charge in [0, 0.05) is 12.4 Å². The van der Waals surface area contributed by atoms with Gasteiger partial charge in [0.25, 0.3) is 5.91 Å². The Kier molecular flexibility index (Phi) is 5.94. The van der Waals surface area contributed by atoms with Crippen molar-refractivity contribution in [2.75, 3.05) is 11.9 Å². The van der Waals surface area contributed by atoms with E-state index in [-0.39, 0.29) is 23.7 Å². The van der Waals surface area contributed by atoms with Crippen molar-refractivity contribution in [1.29, 1.82) is 0 Å². The Morgan fingerprint density at radius 2 is 1.90 bits per heavy atom. The number of rotatable bonds is 7. The third-order valence-corrected chi connectivity index (χ3v) is 4.67. The molecular formula is C20H18BrN7O3. The molecule has 11 heteroatoms. The monoisotopic (exact) mass is 483 g/mol. The molecule has 0 aliphatic carbocycles. The number of amides is 1. The summed E-state index contributed by atoms with van der Waals surface area (Å²) in [6.45, 7) is 2.26. The highest BCUT2D eigenvalue weighted by molar-refractivity contribution is 9.10. The lowest BCUT2D eigenvalue weighted by Crippen LogP contribution is -2.19. The van der Waals surface area contributed by atoms with E-state index < -0.39 is 11.9 Å². The third-order valence-electron chi connectivity index (χ3n) is 4.26. The summed E-state index contributed by atoms with van der Waals surface area (Å²) in [5.41, 5.74) is 1.02. The number of anilines is 1. The number of hydrogen-bond acceptors (Lipinski definition) is 6. The molecule has 1 aromatic carbocycles. The highest BCUT2D eigenvalue weighted by Crippen LogP contribution is 2.22. The quantitative estimate of drug-likeness (QED) is 0.404. The van der Waals surface area contributed by atoms with E-state index in [2.05, 4.69) is 36.5 Å². The number of esters is 1. The fraction of sp³-hybridized carbons (Fsp3) is 0.150. The van der Waals surface area contributed by atoms with E-state index in [1.165, 1.54) is 10.9 Å². The molecule has 3 heterocycles. The van der Waals surface area contributed by atoms with Gasteiger partial charge in [-0.3, -0.25) is 9.48 Å². The van der Waals surface area contributed by atoms with Gasteiger partial charge in [0.1, 0.15) is 12.2 Å². The molecular weight excluding hydrogens is 466 g/mol. The summed E-state index contributed by atoms with van der Waals surface area (Å²) >= 11 is 3.34. The van der Waals surface area contributed by atoms with Crippen LogP contribution in [0.4, 0.5) is 5.82 Å². The van der Waals surface area contributed by atoms with Gasteiger partial charge in [0.2, 0.25) is 0 Å². The van der Waals surface area contributed by atoms with Crippen LogP contribution in [-0.4, -0.2) is 47.8 Å².